The number of hydrogen-bond donors (Lipinski definition) is 1. The molecule has 132 valence electrons. The van der Waals surface area contributed by atoms with Gasteiger partial charge in [0.05, 0.1) is 25.5 Å². The van der Waals surface area contributed by atoms with Crippen molar-refractivity contribution >= 4 is 0 Å². The number of piperazine rings is 1. The van der Waals surface area contributed by atoms with Gasteiger partial charge in [0.25, 0.3) is 0 Å². The van der Waals surface area contributed by atoms with Crippen LogP contribution in [0.4, 0.5) is 0 Å². The van der Waals surface area contributed by atoms with E-state index in [1.54, 1.807) is 7.11 Å². The summed E-state index contributed by atoms with van der Waals surface area (Å²) >= 11 is 0. The van der Waals surface area contributed by atoms with Gasteiger partial charge in [0.1, 0.15) is 0 Å². The molecular formula is C17H32N4O2. The van der Waals surface area contributed by atoms with Gasteiger partial charge in [0.2, 0.25) is 0 Å². The summed E-state index contributed by atoms with van der Waals surface area (Å²) in [5, 5.41) is 13.7. The number of aromatic nitrogens is 2. The quantitative estimate of drug-likeness (QED) is 0.812. The number of nitrogens with zero attached hydrogens (tertiary/aromatic N) is 4. The van der Waals surface area contributed by atoms with E-state index in [0.29, 0.717) is 18.6 Å². The Morgan fingerprint density at radius 3 is 2.39 bits per heavy atom. The van der Waals surface area contributed by atoms with Gasteiger partial charge in [-0.1, -0.05) is 0 Å². The van der Waals surface area contributed by atoms with Crippen LogP contribution < -0.4 is 0 Å². The molecule has 1 aromatic heterocycles. The predicted octanol–water partition coefficient (Wildman–Crippen LogP) is 1.03. The number of ether oxygens (including phenoxy) is 1. The maximum atomic E-state index is 9.15. The Labute approximate surface area is 140 Å². The van der Waals surface area contributed by atoms with Gasteiger partial charge < -0.3 is 9.84 Å². The van der Waals surface area contributed by atoms with Crippen molar-refractivity contribution in [3.63, 3.8) is 0 Å². The minimum Gasteiger partial charge on any atom is -0.394 e. The maximum absolute atomic E-state index is 9.15. The summed E-state index contributed by atoms with van der Waals surface area (Å²) in [6.07, 6.45) is 0. The minimum absolute atomic E-state index is 0.133. The van der Waals surface area contributed by atoms with E-state index >= 15 is 0 Å². The molecule has 23 heavy (non-hydrogen) atoms. The molecule has 2 heterocycles. The van der Waals surface area contributed by atoms with Crippen molar-refractivity contribution < 1.29 is 9.84 Å². The molecule has 0 aromatic carbocycles. The molecule has 1 aliphatic rings. The lowest BCUT2D eigenvalue weighted by Gasteiger charge is -2.44. The second-order valence-electron chi connectivity index (χ2n) is 6.72. The lowest BCUT2D eigenvalue weighted by Crippen LogP contribution is -2.57. The van der Waals surface area contributed by atoms with E-state index < -0.39 is 0 Å². The molecule has 0 bridgehead atoms. The second kappa shape index (κ2) is 8.24. The van der Waals surface area contributed by atoms with E-state index in [9.17, 15) is 0 Å². The molecule has 0 saturated carbocycles. The summed E-state index contributed by atoms with van der Waals surface area (Å²) in [6.45, 7) is 14.3. The SMILES string of the molecule is COCCN1C(C)CN(Cc2c(C)nn(CCO)c2C)CC1C. The van der Waals surface area contributed by atoms with E-state index in [1.165, 1.54) is 11.3 Å². The highest BCUT2D eigenvalue weighted by molar-refractivity contribution is 5.24. The molecule has 1 aromatic rings. The smallest absolute Gasteiger partial charge is 0.0644 e. The molecule has 2 rings (SSSR count). The first-order valence-electron chi connectivity index (χ1n) is 8.58. The number of aryl methyl sites for hydroxylation is 1. The van der Waals surface area contributed by atoms with Crippen LogP contribution in [0.5, 0.6) is 0 Å². The lowest BCUT2D eigenvalue weighted by atomic mass is 10.1. The fourth-order valence-electron chi connectivity index (χ4n) is 3.73. The lowest BCUT2D eigenvalue weighted by molar-refractivity contribution is 0.0177. The largest absolute Gasteiger partial charge is 0.394 e. The zero-order valence-corrected chi connectivity index (χ0v) is 15.2. The summed E-state index contributed by atoms with van der Waals surface area (Å²) in [7, 11) is 1.77. The fraction of sp³-hybridized carbons (Fsp3) is 0.824. The van der Waals surface area contributed by atoms with Crippen LogP contribution in [0.15, 0.2) is 0 Å². The van der Waals surface area contributed by atoms with E-state index in [-0.39, 0.29) is 6.61 Å². The van der Waals surface area contributed by atoms with Crippen LogP contribution >= 0.6 is 0 Å². The Morgan fingerprint density at radius 2 is 1.83 bits per heavy atom. The Bertz CT molecular complexity index is 491. The first kappa shape index (κ1) is 18.4. The molecule has 0 radical (unpaired) electrons. The van der Waals surface area contributed by atoms with Gasteiger partial charge in [-0.25, -0.2) is 0 Å². The van der Waals surface area contributed by atoms with Crippen molar-refractivity contribution in [2.75, 3.05) is 40.0 Å². The summed E-state index contributed by atoms with van der Waals surface area (Å²) in [5.41, 5.74) is 3.57. The normalized spacial score (nSPS) is 23.6. The molecule has 1 aliphatic heterocycles. The average Bonchev–Trinajstić information content (AvgIpc) is 2.75. The number of rotatable bonds is 7. The highest BCUT2D eigenvalue weighted by atomic mass is 16.5. The molecule has 6 nitrogen and oxygen atoms in total. The standard InChI is InChI=1S/C17H32N4O2/c1-13-10-19(11-14(2)20(13)7-9-23-5)12-17-15(3)18-21(6-8-22)16(17)4/h13-14,22H,6-12H2,1-5H3. The van der Waals surface area contributed by atoms with Crippen molar-refractivity contribution in [3.05, 3.63) is 17.0 Å². The Hall–Kier alpha value is -0.950. The fourth-order valence-corrected chi connectivity index (χ4v) is 3.73. The zero-order chi connectivity index (χ0) is 17.0. The first-order chi connectivity index (χ1) is 11.0. The predicted molar refractivity (Wildman–Crippen MR) is 91.6 cm³/mol. The van der Waals surface area contributed by atoms with E-state index in [0.717, 1.165) is 38.5 Å². The van der Waals surface area contributed by atoms with Crippen LogP contribution in [0.25, 0.3) is 0 Å². The molecule has 1 saturated heterocycles. The number of methoxy groups -OCH3 is 1. The molecule has 0 spiro atoms. The monoisotopic (exact) mass is 324 g/mol. The topological polar surface area (TPSA) is 53.8 Å². The van der Waals surface area contributed by atoms with Crippen LogP contribution in [0.1, 0.15) is 30.8 Å². The van der Waals surface area contributed by atoms with Gasteiger partial charge >= 0.3 is 0 Å². The third kappa shape index (κ3) is 4.32. The molecule has 1 fully saturated rings. The zero-order valence-electron chi connectivity index (χ0n) is 15.2. The van der Waals surface area contributed by atoms with Crippen LogP contribution in [0.2, 0.25) is 0 Å². The Kier molecular flexibility index (Phi) is 6.59. The molecule has 0 aliphatic carbocycles. The van der Waals surface area contributed by atoms with Gasteiger partial charge in [-0.05, 0) is 27.7 Å². The Balaban J connectivity index is 2.02. The summed E-state index contributed by atoms with van der Waals surface area (Å²) in [6, 6.07) is 1.06. The number of aliphatic hydroxyl groups excluding tert-OH is 1. The van der Waals surface area contributed by atoms with Crippen LogP contribution in [-0.4, -0.2) is 76.7 Å². The van der Waals surface area contributed by atoms with Crippen molar-refractivity contribution in [1.82, 2.24) is 19.6 Å². The molecular weight excluding hydrogens is 292 g/mol. The van der Waals surface area contributed by atoms with Crippen LogP contribution in [0, 0.1) is 13.8 Å². The maximum Gasteiger partial charge on any atom is 0.0644 e. The van der Waals surface area contributed by atoms with Gasteiger partial charge in [-0.3, -0.25) is 14.5 Å². The van der Waals surface area contributed by atoms with Crippen molar-refractivity contribution in [2.45, 2.75) is 52.9 Å². The number of aliphatic hydroxyl groups is 1. The third-order valence-corrected chi connectivity index (χ3v) is 4.96. The summed E-state index contributed by atoms with van der Waals surface area (Å²) in [5.74, 6) is 0. The van der Waals surface area contributed by atoms with Crippen LogP contribution in [0.3, 0.4) is 0 Å². The highest BCUT2D eigenvalue weighted by Crippen LogP contribution is 2.21. The molecule has 2 atom stereocenters. The summed E-state index contributed by atoms with van der Waals surface area (Å²) < 4.78 is 7.16. The molecule has 0 amide bonds. The molecule has 1 N–H and O–H groups in total. The summed E-state index contributed by atoms with van der Waals surface area (Å²) in [4.78, 5) is 5.06. The minimum atomic E-state index is 0.133. The third-order valence-electron chi connectivity index (χ3n) is 4.96. The van der Waals surface area contributed by atoms with E-state index in [2.05, 4.69) is 42.6 Å². The van der Waals surface area contributed by atoms with Gasteiger partial charge in [0, 0.05) is 56.6 Å². The van der Waals surface area contributed by atoms with Crippen LogP contribution in [-0.2, 0) is 17.8 Å². The van der Waals surface area contributed by atoms with Gasteiger partial charge in [0.15, 0.2) is 0 Å². The van der Waals surface area contributed by atoms with Gasteiger partial charge in [-0.15, -0.1) is 0 Å². The highest BCUT2D eigenvalue weighted by Gasteiger charge is 2.29. The van der Waals surface area contributed by atoms with E-state index in [4.69, 9.17) is 9.84 Å². The average molecular weight is 324 g/mol. The number of hydrogen-bond acceptors (Lipinski definition) is 5. The van der Waals surface area contributed by atoms with Crippen molar-refractivity contribution in [3.8, 4) is 0 Å². The Morgan fingerprint density at radius 1 is 1.17 bits per heavy atom. The van der Waals surface area contributed by atoms with Crippen molar-refractivity contribution in [2.24, 2.45) is 0 Å². The van der Waals surface area contributed by atoms with Crippen molar-refractivity contribution in [1.29, 1.82) is 0 Å². The van der Waals surface area contributed by atoms with E-state index in [1.807, 2.05) is 4.68 Å². The second-order valence-corrected chi connectivity index (χ2v) is 6.72. The molecule has 6 heteroatoms. The van der Waals surface area contributed by atoms with Gasteiger partial charge in [-0.2, -0.15) is 5.10 Å². The first-order valence-corrected chi connectivity index (χ1v) is 8.58. The molecule has 2 unspecified atom stereocenters.